The first-order chi connectivity index (χ1) is 12.6. The third-order valence-electron chi connectivity index (χ3n) is 4.57. The van der Waals surface area contributed by atoms with Crippen LogP contribution in [-0.2, 0) is 11.3 Å². The summed E-state index contributed by atoms with van der Waals surface area (Å²) >= 11 is 0. The molecule has 0 unspecified atom stereocenters. The molecule has 1 aromatic heterocycles. The van der Waals surface area contributed by atoms with E-state index in [1.807, 2.05) is 26.0 Å². The highest BCUT2D eigenvalue weighted by molar-refractivity contribution is 5.90. The topological polar surface area (TPSA) is 48.5 Å². The second-order valence-electron chi connectivity index (χ2n) is 7.30. The number of anilines is 2. The predicted octanol–water partition coefficient (Wildman–Crippen LogP) is 3.39. The average Bonchev–Trinajstić information content (AvgIpc) is 2.63. The fourth-order valence-corrected chi connectivity index (χ4v) is 3.21. The highest BCUT2D eigenvalue weighted by atomic mass is 16.1. The zero-order valence-corrected chi connectivity index (χ0v) is 15.7. The number of carbonyl (C=O) groups is 1. The van der Waals surface area contributed by atoms with Crippen LogP contribution in [0, 0.1) is 5.92 Å². The third kappa shape index (κ3) is 5.30. The van der Waals surface area contributed by atoms with Gasteiger partial charge in [0.05, 0.1) is 11.9 Å². The van der Waals surface area contributed by atoms with E-state index in [0.29, 0.717) is 12.3 Å². The Kier molecular flexibility index (Phi) is 6.23. The van der Waals surface area contributed by atoms with E-state index in [-0.39, 0.29) is 5.91 Å². The van der Waals surface area contributed by atoms with Gasteiger partial charge in [0.25, 0.3) is 0 Å². The monoisotopic (exact) mass is 352 g/mol. The van der Waals surface area contributed by atoms with Gasteiger partial charge in [-0.2, -0.15) is 0 Å². The summed E-state index contributed by atoms with van der Waals surface area (Å²) in [5, 5.41) is 2.91. The van der Waals surface area contributed by atoms with Crippen molar-refractivity contribution in [3.05, 3.63) is 54.2 Å². The number of hydrogen-bond acceptors (Lipinski definition) is 4. The van der Waals surface area contributed by atoms with Gasteiger partial charge in [-0.3, -0.25) is 9.69 Å². The Morgan fingerprint density at radius 1 is 1.08 bits per heavy atom. The van der Waals surface area contributed by atoms with Gasteiger partial charge in [-0.15, -0.1) is 0 Å². The highest BCUT2D eigenvalue weighted by Crippen LogP contribution is 2.17. The number of nitrogens with one attached hydrogen (secondary N) is 1. The molecule has 1 amide bonds. The van der Waals surface area contributed by atoms with Crippen LogP contribution in [0.2, 0.25) is 0 Å². The molecule has 26 heavy (non-hydrogen) atoms. The van der Waals surface area contributed by atoms with Crippen molar-refractivity contribution in [3.8, 4) is 0 Å². The number of rotatable bonds is 6. The Morgan fingerprint density at radius 2 is 1.81 bits per heavy atom. The largest absolute Gasteiger partial charge is 0.354 e. The van der Waals surface area contributed by atoms with Crippen molar-refractivity contribution in [1.29, 1.82) is 0 Å². The third-order valence-corrected chi connectivity index (χ3v) is 4.57. The summed E-state index contributed by atoms with van der Waals surface area (Å²) in [7, 11) is 0. The molecule has 0 atom stereocenters. The van der Waals surface area contributed by atoms with Crippen LogP contribution in [0.15, 0.2) is 48.7 Å². The first kappa shape index (κ1) is 18.4. The summed E-state index contributed by atoms with van der Waals surface area (Å²) < 4.78 is 0. The second kappa shape index (κ2) is 8.81. The number of hydrogen-bond donors (Lipinski definition) is 1. The van der Waals surface area contributed by atoms with Crippen molar-refractivity contribution in [3.63, 3.8) is 0 Å². The lowest BCUT2D eigenvalue weighted by molar-refractivity contribution is -0.116. The number of piperazine rings is 1. The maximum Gasteiger partial charge on any atom is 0.224 e. The first-order valence-corrected chi connectivity index (χ1v) is 9.37. The minimum absolute atomic E-state index is 0.0454. The Balaban J connectivity index is 1.49. The van der Waals surface area contributed by atoms with Gasteiger partial charge in [0.1, 0.15) is 5.82 Å². The van der Waals surface area contributed by atoms with Gasteiger partial charge < -0.3 is 10.2 Å². The molecule has 1 aromatic carbocycles. The molecule has 1 fully saturated rings. The summed E-state index contributed by atoms with van der Waals surface area (Å²) in [6.07, 6.45) is 2.29. The molecule has 0 bridgehead atoms. The van der Waals surface area contributed by atoms with E-state index in [2.05, 4.69) is 50.4 Å². The van der Waals surface area contributed by atoms with Crippen LogP contribution in [0.1, 0.15) is 25.8 Å². The zero-order valence-electron chi connectivity index (χ0n) is 15.7. The quantitative estimate of drug-likeness (QED) is 0.866. The van der Waals surface area contributed by atoms with Crippen LogP contribution in [0.25, 0.3) is 0 Å². The van der Waals surface area contributed by atoms with Gasteiger partial charge in [-0.25, -0.2) is 4.98 Å². The number of pyridine rings is 1. The fraction of sp³-hybridized carbons (Fsp3) is 0.429. The summed E-state index contributed by atoms with van der Waals surface area (Å²) in [4.78, 5) is 21.2. The van der Waals surface area contributed by atoms with Crippen molar-refractivity contribution in [2.24, 2.45) is 5.92 Å². The van der Waals surface area contributed by atoms with Crippen LogP contribution >= 0.6 is 0 Å². The predicted molar refractivity (Wildman–Crippen MR) is 106 cm³/mol. The molecular weight excluding hydrogens is 324 g/mol. The lowest BCUT2D eigenvalue weighted by atomic mass is 10.1. The Bertz CT molecular complexity index is 692. The molecule has 138 valence electrons. The van der Waals surface area contributed by atoms with Gasteiger partial charge in [0.15, 0.2) is 0 Å². The second-order valence-corrected chi connectivity index (χ2v) is 7.30. The first-order valence-electron chi connectivity index (χ1n) is 9.37. The normalized spacial score (nSPS) is 15.3. The minimum atomic E-state index is 0.0454. The molecule has 5 heteroatoms. The molecule has 0 radical (unpaired) electrons. The molecule has 2 heterocycles. The number of aromatic nitrogens is 1. The SMILES string of the molecule is CC(C)CC(=O)Nc1ccc(N2CCN(Cc3ccccc3)CC2)nc1. The molecule has 0 saturated carbocycles. The van der Waals surface area contributed by atoms with E-state index in [1.165, 1.54) is 5.56 Å². The zero-order chi connectivity index (χ0) is 18.4. The number of nitrogens with zero attached hydrogens (tertiary/aromatic N) is 3. The summed E-state index contributed by atoms with van der Waals surface area (Å²) in [5.74, 6) is 1.38. The molecule has 1 aliphatic heterocycles. The summed E-state index contributed by atoms with van der Waals surface area (Å²) in [5.41, 5.74) is 2.13. The smallest absolute Gasteiger partial charge is 0.224 e. The van der Waals surface area contributed by atoms with E-state index in [0.717, 1.165) is 44.2 Å². The standard InChI is InChI=1S/C21H28N4O/c1-17(2)14-21(26)23-19-8-9-20(22-15-19)25-12-10-24(11-13-25)16-18-6-4-3-5-7-18/h3-9,15,17H,10-14,16H2,1-2H3,(H,23,26). The van der Waals surface area contributed by atoms with Crippen molar-refractivity contribution in [1.82, 2.24) is 9.88 Å². The van der Waals surface area contributed by atoms with Crippen molar-refractivity contribution in [2.45, 2.75) is 26.8 Å². The van der Waals surface area contributed by atoms with E-state index >= 15 is 0 Å². The molecule has 1 N–H and O–H groups in total. The number of amides is 1. The minimum Gasteiger partial charge on any atom is -0.354 e. The van der Waals surface area contributed by atoms with Crippen molar-refractivity contribution in [2.75, 3.05) is 36.4 Å². The maximum atomic E-state index is 11.8. The molecule has 2 aromatic rings. The molecular formula is C21H28N4O. The lowest BCUT2D eigenvalue weighted by Gasteiger charge is -2.35. The van der Waals surface area contributed by atoms with E-state index in [9.17, 15) is 4.79 Å². The van der Waals surface area contributed by atoms with Gasteiger partial charge >= 0.3 is 0 Å². The summed E-state index contributed by atoms with van der Waals surface area (Å²) in [6.45, 7) is 9.09. The van der Waals surface area contributed by atoms with E-state index in [1.54, 1.807) is 6.20 Å². The molecule has 5 nitrogen and oxygen atoms in total. The molecule has 0 aliphatic carbocycles. The van der Waals surface area contributed by atoms with Crippen molar-refractivity contribution >= 4 is 17.4 Å². The van der Waals surface area contributed by atoms with Crippen molar-refractivity contribution < 1.29 is 4.79 Å². The lowest BCUT2D eigenvalue weighted by Crippen LogP contribution is -2.46. The molecule has 1 saturated heterocycles. The molecule has 3 rings (SSSR count). The summed E-state index contributed by atoms with van der Waals surface area (Å²) in [6, 6.07) is 14.5. The molecule has 0 spiro atoms. The van der Waals surface area contributed by atoms with Gasteiger partial charge in [-0.05, 0) is 23.6 Å². The van der Waals surface area contributed by atoms with E-state index in [4.69, 9.17) is 0 Å². The van der Waals surface area contributed by atoms with Crippen LogP contribution in [0.3, 0.4) is 0 Å². The molecule has 1 aliphatic rings. The Hall–Kier alpha value is -2.40. The van der Waals surface area contributed by atoms with Crippen LogP contribution in [0.5, 0.6) is 0 Å². The van der Waals surface area contributed by atoms with Crippen LogP contribution in [-0.4, -0.2) is 42.0 Å². The number of carbonyl (C=O) groups excluding carboxylic acids is 1. The Morgan fingerprint density at radius 3 is 2.42 bits per heavy atom. The van der Waals surface area contributed by atoms with Gasteiger partial charge in [0.2, 0.25) is 5.91 Å². The Labute approximate surface area is 156 Å². The fourth-order valence-electron chi connectivity index (χ4n) is 3.21. The number of benzene rings is 1. The maximum absolute atomic E-state index is 11.8. The highest BCUT2D eigenvalue weighted by Gasteiger charge is 2.18. The van der Waals surface area contributed by atoms with Gasteiger partial charge in [0, 0.05) is 39.1 Å². The van der Waals surface area contributed by atoms with Gasteiger partial charge in [-0.1, -0.05) is 44.2 Å². The van der Waals surface area contributed by atoms with E-state index < -0.39 is 0 Å². The average molecular weight is 352 g/mol. The van der Waals surface area contributed by atoms with Crippen LogP contribution < -0.4 is 10.2 Å². The van der Waals surface area contributed by atoms with Crippen LogP contribution in [0.4, 0.5) is 11.5 Å².